The number of rotatable bonds is 4. The van der Waals surface area contributed by atoms with Gasteiger partial charge in [0, 0.05) is 5.57 Å². The molecule has 1 aromatic rings. The summed E-state index contributed by atoms with van der Waals surface area (Å²) in [5, 5.41) is 2.76. The summed E-state index contributed by atoms with van der Waals surface area (Å²) in [5.74, 6) is -0.0712. The average molecular weight is 328 g/mol. The van der Waals surface area contributed by atoms with Gasteiger partial charge < -0.3 is 14.4 Å². The Labute approximate surface area is 132 Å². The molecule has 1 aromatic carbocycles. The van der Waals surface area contributed by atoms with E-state index in [2.05, 4.69) is 11.9 Å². The van der Waals surface area contributed by atoms with E-state index in [4.69, 9.17) is 0 Å². The molecule has 0 atom stereocenters. The molecule has 6 nitrogen and oxygen atoms in total. The van der Waals surface area contributed by atoms with Crippen LogP contribution in [0.25, 0.3) is 0 Å². The Hall–Kier alpha value is -1.70. The lowest BCUT2D eigenvalue weighted by atomic mass is 10.2. The summed E-state index contributed by atoms with van der Waals surface area (Å²) in [7, 11) is 1.77. The Morgan fingerprint density at radius 2 is 1.68 bits per heavy atom. The number of nitrogens with zero attached hydrogens (tertiary/aromatic N) is 1. The maximum absolute atomic E-state index is 11.0. The number of amides is 1. The lowest BCUT2D eigenvalue weighted by Crippen LogP contribution is -2.45. The monoisotopic (exact) mass is 328 g/mol. The standard InChI is InChI=1S/C8H16N2O.C7H8O3S/c1-7(2)8(11)9-6-10(3,4)5;1-6-2-4-7(5-3-6)11(8,9)10/h1,6H2,2-5H3;2-5H,1H3,(H,8,9,10). The fraction of sp³-hybridized carbons (Fsp3) is 0.400. The van der Waals surface area contributed by atoms with Crippen LogP contribution in [-0.4, -0.2) is 51.2 Å². The topological polar surface area (TPSA) is 86.3 Å². The molecule has 22 heavy (non-hydrogen) atoms. The first-order chi connectivity index (χ1) is 9.83. The van der Waals surface area contributed by atoms with E-state index in [0.717, 1.165) is 10.0 Å². The van der Waals surface area contributed by atoms with Crippen LogP contribution in [0, 0.1) is 6.92 Å². The number of carbonyl (C=O) groups is 1. The van der Waals surface area contributed by atoms with Crippen molar-refractivity contribution in [2.24, 2.45) is 0 Å². The quantitative estimate of drug-likeness (QED) is 0.390. The van der Waals surface area contributed by atoms with E-state index in [-0.39, 0.29) is 10.8 Å². The fourth-order valence-electron chi connectivity index (χ4n) is 1.16. The number of benzene rings is 1. The van der Waals surface area contributed by atoms with Crippen LogP contribution in [0.2, 0.25) is 0 Å². The highest BCUT2D eigenvalue weighted by atomic mass is 32.2. The summed E-state index contributed by atoms with van der Waals surface area (Å²) in [6.07, 6.45) is 0. The van der Waals surface area contributed by atoms with Gasteiger partial charge in [0.25, 0.3) is 5.91 Å². The van der Waals surface area contributed by atoms with Gasteiger partial charge in [-0.15, -0.1) is 0 Å². The molecule has 0 saturated heterocycles. The first-order valence-electron chi connectivity index (χ1n) is 6.59. The van der Waals surface area contributed by atoms with Gasteiger partial charge in [-0.2, -0.15) is 0 Å². The van der Waals surface area contributed by atoms with E-state index in [1.807, 2.05) is 28.1 Å². The molecule has 0 saturated carbocycles. The third-order valence-electron chi connectivity index (χ3n) is 2.41. The van der Waals surface area contributed by atoms with Crippen molar-refractivity contribution >= 4 is 16.0 Å². The summed E-state index contributed by atoms with van der Waals surface area (Å²) in [6, 6.07) is 5.78. The van der Waals surface area contributed by atoms with Crippen LogP contribution >= 0.6 is 0 Å². The molecule has 0 bridgehead atoms. The van der Waals surface area contributed by atoms with Crippen LogP contribution in [0.1, 0.15) is 12.5 Å². The Kier molecular flexibility index (Phi) is 7.45. The summed E-state index contributed by atoms with van der Waals surface area (Å²) >= 11 is 0. The molecule has 1 rings (SSSR count). The van der Waals surface area contributed by atoms with E-state index in [1.54, 1.807) is 19.1 Å². The van der Waals surface area contributed by atoms with E-state index in [9.17, 15) is 17.8 Å². The number of carbonyl (C=O) groups excluding carboxylic acids is 1. The molecule has 0 unspecified atom stereocenters. The third kappa shape index (κ3) is 9.28. The molecule has 0 spiro atoms. The summed E-state index contributed by atoms with van der Waals surface area (Å²) in [4.78, 5) is 10.8. The SMILES string of the molecule is C=C(C)C(=O)NC[N+](C)(C)C.Cc1ccc(S(=O)(=O)[O-])cc1. The van der Waals surface area contributed by atoms with Crippen molar-refractivity contribution in [1.82, 2.24) is 5.32 Å². The maximum atomic E-state index is 11.0. The molecule has 0 heterocycles. The van der Waals surface area contributed by atoms with Crippen molar-refractivity contribution < 1.29 is 22.2 Å². The first-order valence-corrected chi connectivity index (χ1v) is 8.00. The number of hydrogen-bond acceptors (Lipinski definition) is 4. The maximum Gasteiger partial charge on any atom is 0.250 e. The van der Waals surface area contributed by atoms with Gasteiger partial charge in [-0.1, -0.05) is 24.3 Å². The minimum absolute atomic E-state index is 0.0712. The summed E-state index contributed by atoms with van der Waals surface area (Å²) < 4.78 is 31.9. The van der Waals surface area contributed by atoms with Crippen LogP contribution < -0.4 is 5.32 Å². The number of aryl methyl sites for hydroxylation is 1. The van der Waals surface area contributed by atoms with Gasteiger partial charge in [-0.25, -0.2) is 8.42 Å². The Balaban J connectivity index is 0.000000401. The van der Waals surface area contributed by atoms with Crippen molar-refractivity contribution in [3.63, 3.8) is 0 Å². The van der Waals surface area contributed by atoms with Gasteiger partial charge in [0.1, 0.15) is 10.1 Å². The highest BCUT2D eigenvalue weighted by Crippen LogP contribution is 2.08. The van der Waals surface area contributed by atoms with Gasteiger partial charge in [0.15, 0.2) is 6.67 Å². The second-order valence-electron chi connectivity index (χ2n) is 6.00. The van der Waals surface area contributed by atoms with Crippen LogP contribution in [0.5, 0.6) is 0 Å². The van der Waals surface area contributed by atoms with Gasteiger partial charge in [-0.05, 0) is 26.0 Å². The molecule has 124 valence electrons. The molecule has 1 amide bonds. The zero-order valence-electron chi connectivity index (χ0n) is 13.7. The van der Waals surface area contributed by atoms with Crippen molar-refractivity contribution in [3.05, 3.63) is 42.0 Å². The van der Waals surface area contributed by atoms with Crippen molar-refractivity contribution in [2.45, 2.75) is 18.7 Å². The molecular weight excluding hydrogens is 304 g/mol. The Bertz CT molecular complexity index is 614. The van der Waals surface area contributed by atoms with Crippen molar-refractivity contribution in [1.29, 1.82) is 0 Å². The molecule has 0 aliphatic carbocycles. The average Bonchev–Trinajstić information content (AvgIpc) is 2.35. The van der Waals surface area contributed by atoms with Crippen LogP contribution in [0.15, 0.2) is 41.3 Å². The predicted octanol–water partition coefficient (Wildman–Crippen LogP) is 1.24. The van der Waals surface area contributed by atoms with Gasteiger partial charge in [-0.3, -0.25) is 4.79 Å². The Morgan fingerprint density at radius 1 is 1.23 bits per heavy atom. The zero-order valence-corrected chi connectivity index (χ0v) is 14.5. The highest BCUT2D eigenvalue weighted by Gasteiger charge is 2.08. The van der Waals surface area contributed by atoms with E-state index in [1.165, 1.54) is 12.1 Å². The number of nitrogens with one attached hydrogen (secondary N) is 1. The number of quaternary nitrogens is 1. The predicted molar refractivity (Wildman–Crippen MR) is 85.0 cm³/mol. The zero-order chi connectivity index (χ0) is 17.6. The molecule has 0 aliphatic heterocycles. The van der Waals surface area contributed by atoms with Gasteiger partial charge >= 0.3 is 0 Å². The van der Waals surface area contributed by atoms with Crippen LogP contribution in [0.4, 0.5) is 0 Å². The van der Waals surface area contributed by atoms with Crippen LogP contribution in [0.3, 0.4) is 0 Å². The highest BCUT2D eigenvalue weighted by molar-refractivity contribution is 7.85. The van der Waals surface area contributed by atoms with E-state index < -0.39 is 10.1 Å². The van der Waals surface area contributed by atoms with Crippen molar-refractivity contribution in [3.8, 4) is 0 Å². The second kappa shape index (κ2) is 8.07. The summed E-state index contributed by atoms with van der Waals surface area (Å²) in [5.41, 5.74) is 1.48. The van der Waals surface area contributed by atoms with Gasteiger partial charge in [0.2, 0.25) is 0 Å². The minimum atomic E-state index is -4.27. The lowest BCUT2D eigenvalue weighted by Gasteiger charge is -2.23. The molecule has 0 aromatic heterocycles. The third-order valence-corrected chi connectivity index (χ3v) is 3.26. The van der Waals surface area contributed by atoms with Gasteiger partial charge in [0.05, 0.1) is 26.0 Å². The first kappa shape index (κ1) is 20.3. The second-order valence-corrected chi connectivity index (χ2v) is 7.38. The lowest BCUT2D eigenvalue weighted by molar-refractivity contribution is -0.872. The summed E-state index contributed by atoms with van der Waals surface area (Å²) in [6.45, 7) is 7.69. The smallest absolute Gasteiger partial charge is 0.250 e. The molecule has 0 radical (unpaired) electrons. The normalized spacial score (nSPS) is 11.2. The number of hydrogen-bond donors (Lipinski definition) is 1. The van der Waals surface area contributed by atoms with E-state index in [0.29, 0.717) is 12.2 Å². The minimum Gasteiger partial charge on any atom is -0.744 e. The fourth-order valence-corrected chi connectivity index (χ4v) is 1.63. The molecule has 1 N–H and O–H groups in total. The van der Waals surface area contributed by atoms with E-state index >= 15 is 0 Å². The molecular formula is C15H24N2O4S. The van der Waals surface area contributed by atoms with Crippen molar-refractivity contribution in [2.75, 3.05) is 27.8 Å². The Morgan fingerprint density at radius 3 is 2.00 bits per heavy atom. The molecule has 0 fully saturated rings. The molecule has 7 heteroatoms. The van der Waals surface area contributed by atoms with Crippen LogP contribution in [-0.2, 0) is 14.9 Å². The largest absolute Gasteiger partial charge is 0.744 e. The molecule has 0 aliphatic rings.